The molecule has 27 heavy (non-hydrogen) atoms. The molecule has 0 fully saturated rings. The number of carbonyl (C=O) groups is 1. The van der Waals surface area contributed by atoms with Gasteiger partial charge in [-0.05, 0) is 45.8 Å². The van der Waals surface area contributed by atoms with E-state index in [1.54, 1.807) is 0 Å². The van der Waals surface area contributed by atoms with Crippen molar-refractivity contribution in [1.29, 1.82) is 0 Å². The molecule has 0 spiro atoms. The zero-order chi connectivity index (χ0) is 21.7. The molecule has 0 radical (unpaired) electrons. The highest BCUT2D eigenvalue weighted by Gasteiger charge is 2.55. The lowest BCUT2D eigenvalue weighted by Crippen LogP contribution is -2.61. The summed E-state index contributed by atoms with van der Waals surface area (Å²) in [6, 6.07) is 0. The van der Waals surface area contributed by atoms with Gasteiger partial charge in [-0.1, -0.05) is 47.1 Å². The molecule has 0 bridgehead atoms. The second-order valence-corrected chi connectivity index (χ2v) is 25.1. The van der Waals surface area contributed by atoms with E-state index in [9.17, 15) is 4.79 Å². The average molecular weight is 451 g/mol. The van der Waals surface area contributed by atoms with E-state index in [0.717, 1.165) is 12.8 Å². The lowest BCUT2D eigenvalue weighted by atomic mass is 10.4. The summed E-state index contributed by atoms with van der Waals surface area (Å²) in [6.07, 6.45) is 3.01. The predicted molar refractivity (Wildman–Crippen MR) is 123 cm³/mol. The number of hydrogen-bond donors (Lipinski definition) is 0. The number of hydrogen-bond acceptors (Lipinski definition) is 5. The van der Waals surface area contributed by atoms with Crippen molar-refractivity contribution < 1.29 is 21.6 Å². The summed E-state index contributed by atoms with van der Waals surface area (Å²) in [5, 5.41) is 0. The Morgan fingerprint density at radius 3 is 1.59 bits per heavy atom. The van der Waals surface area contributed by atoms with Crippen LogP contribution in [0.3, 0.4) is 0 Å². The van der Waals surface area contributed by atoms with Crippen LogP contribution in [-0.4, -0.2) is 40.0 Å². The summed E-state index contributed by atoms with van der Waals surface area (Å²) in [5.74, 6) is -0.401. The van der Waals surface area contributed by atoms with Gasteiger partial charge in [-0.2, -0.15) is 0 Å². The fraction of sp³-hybridized carbons (Fsp3) is 0.833. The van der Waals surface area contributed by atoms with Crippen LogP contribution in [0.2, 0.25) is 56.9 Å². The maximum absolute atomic E-state index is 12.2. The van der Waals surface area contributed by atoms with Crippen molar-refractivity contribution in [2.45, 2.75) is 97.4 Å². The molecule has 0 N–H and O–H groups in total. The minimum Gasteiger partial charge on any atom is -0.491 e. The Morgan fingerprint density at radius 1 is 0.852 bits per heavy atom. The largest absolute Gasteiger partial charge is 0.491 e. The molecular weight excluding hydrogens is 409 g/mol. The Kier molecular flexibility index (Phi) is 10.1. The van der Waals surface area contributed by atoms with Crippen molar-refractivity contribution in [3.63, 3.8) is 0 Å². The van der Waals surface area contributed by atoms with Crippen molar-refractivity contribution >= 4 is 40.0 Å². The molecule has 160 valence electrons. The van der Waals surface area contributed by atoms with E-state index < -0.39 is 40.0 Å². The maximum Gasteiger partial charge on any atom is 0.398 e. The molecule has 0 amide bonds. The molecule has 0 aromatic rings. The zero-order valence-corrected chi connectivity index (χ0v) is 23.4. The standard InChI is InChI=1S/C18H42O5Si4/c1-13-16(4)27(17(5)14-2,20-18(19)15-3)23-26(11,12)22-25(9,10)21-24(6,7)8/h15-17H,3,13-14H2,1-2,4-12H3. The van der Waals surface area contributed by atoms with Gasteiger partial charge in [0.15, 0.2) is 8.32 Å². The molecule has 0 saturated heterocycles. The second-order valence-electron chi connectivity index (χ2n) is 9.18. The highest BCUT2D eigenvalue weighted by atomic mass is 28.5. The Hall–Kier alpha value is -0.0425. The predicted octanol–water partition coefficient (Wildman–Crippen LogP) is 6.05. The van der Waals surface area contributed by atoms with Gasteiger partial charge in [0.1, 0.15) is 0 Å². The highest BCUT2D eigenvalue weighted by Crippen LogP contribution is 2.41. The van der Waals surface area contributed by atoms with Crippen LogP contribution in [0.1, 0.15) is 40.5 Å². The Balaban J connectivity index is 5.85. The third kappa shape index (κ3) is 8.88. The molecular formula is C18H42O5Si4. The Bertz CT molecular complexity index is 492. The number of rotatable bonds is 12. The maximum atomic E-state index is 12.2. The van der Waals surface area contributed by atoms with Crippen LogP contribution in [0.25, 0.3) is 0 Å². The van der Waals surface area contributed by atoms with Crippen LogP contribution in [0.4, 0.5) is 0 Å². The SMILES string of the molecule is C=CC(=O)O[Si](O[Si](C)(C)O[Si](C)(C)O[Si](C)(C)C)(C(C)CC)C(C)CC. The molecule has 0 rings (SSSR count). The van der Waals surface area contributed by atoms with E-state index in [2.05, 4.69) is 67.0 Å². The molecule has 0 aliphatic rings. The van der Waals surface area contributed by atoms with Gasteiger partial charge in [0, 0.05) is 17.2 Å². The molecule has 0 aromatic heterocycles. The second kappa shape index (κ2) is 10.1. The molecule has 0 saturated carbocycles. The van der Waals surface area contributed by atoms with Gasteiger partial charge in [-0.15, -0.1) is 0 Å². The van der Waals surface area contributed by atoms with Gasteiger partial charge in [0.2, 0.25) is 0 Å². The van der Waals surface area contributed by atoms with Crippen LogP contribution < -0.4 is 0 Å². The lowest BCUT2D eigenvalue weighted by molar-refractivity contribution is -0.131. The fourth-order valence-electron chi connectivity index (χ4n) is 3.43. The average Bonchev–Trinajstić information content (AvgIpc) is 2.48. The van der Waals surface area contributed by atoms with E-state index in [-0.39, 0.29) is 11.1 Å². The monoisotopic (exact) mass is 450 g/mol. The normalized spacial score (nSPS) is 17.7. The third-order valence-electron chi connectivity index (χ3n) is 4.47. The van der Waals surface area contributed by atoms with Crippen LogP contribution >= 0.6 is 0 Å². The molecule has 2 unspecified atom stereocenters. The van der Waals surface area contributed by atoms with Crippen LogP contribution in [0.5, 0.6) is 0 Å². The summed E-state index contributed by atoms with van der Waals surface area (Å²) in [7, 11) is -9.57. The van der Waals surface area contributed by atoms with Crippen LogP contribution in [-0.2, 0) is 21.6 Å². The first-order valence-electron chi connectivity index (χ1n) is 10.00. The van der Waals surface area contributed by atoms with Crippen LogP contribution in [0, 0.1) is 0 Å². The quantitative estimate of drug-likeness (QED) is 0.268. The minimum atomic E-state index is -2.89. The van der Waals surface area contributed by atoms with Gasteiger partial charge in [-0.3, -0.25) is 0 Å². The van der Waals surface area contributed by atoms with Crippen molar-refractivity contribution in [2.75, 3.05) is 0 Å². The van der Waals surface area contributed by atoms with Crippen molar-refractivity contribution in [3.8, 4) is 0 Å². The van der Waals surface area contributed by atoms with Crippen LogP contribution in [0.15, 0.2) is 12.7 Å². The first-order chi connectivity index (χ1) is 12.0. The van der Waals surface area contributed by atoms with Crippen molar-refractivity contribution in [2.24, 2.45) is 0 Å². The molecule has 5 nitrogen and oxygen atoms in total. The third-order valence-corrected chi connectivity index (χ3v) is 20.1. The molecule has 9 heteroatoms. The van der Waals surface area contributed by atoms with Gasteiger partial charge in [0.05, 0.1) is 0 Å². The molecule has 0 aliphatic heterocycles. The summed E-state index contributed by atoms with van der Waals surface area (Å²) in [5.41, 5.74) is 0.323. The Morgan fingerprint density at radius 2 is 1.26 bits per heavy atom. The van der Waals surface area contributed by atoms with Crippen molar-refractivity contribution in [3.05, 3.63) is 12.7 Å². The first kappa shape index (κ1) is 27.0. The smallest absolute Gasteiger partial charge is 0.398 e. The van der Waals surface area contributed by atoms with E-state index >= 15 is 0 Å². The topological polar surface area (TPSA) is 54.0 Å². The van der Waals surface area contributed by atoms with E-state index in [1.807, 2.05) is 13.1 Å². The summed E-state index contributed by atoms with van der Waals surface area (Å²) < 4.78 is 25.7. The molecule has 0 heterocycles. The van der Waals surface area contributed by atoms with Gasteiger partial charge in [0.25, 0.3) is 0 Å². The van der Waals surface area contributed by atoms with Gasteiger partial charge in [-0.25, -0.2) is 4.79 Å². The van der Waals surface area contributed by atoms with Gasteiger partial charge < -0.3 is 16.8 Å². The van der Waals surface area contributed by atoms with E-state index in [0.29, 0.717) is 0 Å². The summed E-state index contributed by atoms with van der Waals surface area (Å²) >= 11 is 0. The molecule has 2 atom stereocenters. The Labute approximate surface area is 171 Å². The first-order valence-corrected chi connectivity index (χ1v) is 21.0. The zero-order valence-electron chi connectivity index (χ0n) is 19.4. The molecule has 0 aliphatic carbocycles. The minimum absolute atomic E-state index is 0.161. The van der Waals surface area contributed by atoms with Crippen molar-refractivity contribution in [1.82, 2.24) is 0 Å². The highest BCUT2D eigenvalue weighted by molar-refractivity contribution is 6.89. The van der Waals surface area contributed by atoms with Gasteiger partial charge >= 0.3 is 31.7 Å². The van der Waals surface area contributed by atoms with E-state index in [4.69, 9.17) is 16.8 Å². The lowest BCUT2D eigenvalue weighted by Gasteiger charge is -2.45. The summed E-state index contributed by atoms with van der Waals surface area (Å²) in [6.45, 7) is 26.8. The fourth-order valence-corrected chi connectivity index (χ4v) is 22.9. The summed E-state index contributed by atoms with van der Waals surface area (Å²) in [4.78, 5) is 12.2. The number of carbonyl (C=O) groups excluding carboxylic acids is 1. The molecule has 0 aromatic carbocycles. The van der Waals surface area contributed by atoms with E-state index in [1.165, 1.54) is 6.08 Å².